The molecule has 0 amide bonds. The summed E-state index contributed by atoms with van der Waals surface area (Å²) in [6.07, 6.45) is 1.51. The van der Waals surface area contributed by atoms with Gasteiger partial charge in [0.2, 0.25) is 0 Å². The minimum absolute atomic E-state index is 0. The predicted molar refractivity (Wildman–Crippen MR) is 56.8 cm³/mol. The van der Waals surface area contributed by atoms with Crippen molar-refractivity contribution in [2.45, 2.75) is 12.2 Å². The molecule has 92 valence electrons. The molecular formula is C11H17NaO5. The van der Waals surface area contributed by atoms with Gasteiger partial charge in [0.1, 0.15) is 12.2 Å². The van der Waals surface area contributed by atoms with E-state index in [1.54, 1.807) is 0 Å². The van der Waals surface area contributed by atoms with Crippen LogP contribution < -0.4 is 34.7 Å². The van der Waals surface area contributed by atoms with Gasteiger partial charge in [0.15, 0.2) is 0 Å². The number of aliphatic carboxylic acids is 1. The van der Waals surface area contributed by atoms with Crippen LogP contribution in [0.2, 0.25) is 0 Å². The molecule has 0 spiro atoms. The van der Waals surface area contributed by atoms with Crippen LogP contribution in [0.15, 0.2) is 25.8 Å². The Hall–Kier alpha value is -0.170. The van der Waals surface area contributed by atoms with Crippen LogP contribution in [0.5, 0.6) is 0 Å². The van der Waals surface area contributed by atoms with Crippen molar-refractivity contribution < 1.29 is 53.7 Å². The van der Waals surface area contributed by atoms with Gasteiger partial charge < -0.3 is 24.1 Å². The zero-order valence-corrected chi connectivity index (χ0v) is 12.2. The van der Waals surface area contributed by atoms with Crippen molar-refractivity contribution in [3.8, 4) is 0 Å². The monoisotopic (exact) mass is 252 g/mol. The number of carboxylic acid groups (broad SMARTS) is 1. The third kappa shape index (κ3) is 15.8. The molecule has 2 aliphatic rings. The number of hydrogen-bond donors (Lipinski definition) is 0. The van der Waals surface area contributed by atoms with Gasteiger partial charge in [-0.3, -0.25) is 0 Å². The van der Waals surface area contributed by atoms with Gasteiger partial charge in [-0.2, -0.15) is 0 Å². The van der Waals surface area contributed by atoms with Crippen molar-refractivity contribution in [1.82, 2.24) is 0 Å². The molecule has 2 saturated heterocycles. The molecule has 6 heteroatoms. The van der Waals surface area contributed by atoms with E-state index in [9.17, 15) is 0 Å². The van der Waals surface area contributed by atoms with E-state index in [-0.39, 0.29) is 29.6 Å². The first-order valence-electron chi connectivity index (χ1n) is 4.86. The van der Waals surface area contributed by atoms with Crippen molar-refractivity contribution in [2.24, 2.45) is 0 Å². The van der Waals surface area contributed by atoms with E-state index >= 15 is 0 Å². The Morgan fingerprint density at radius 2 is 1.59 bits per heavy atom. The first kappa shape index (κ1) is 19.2. The van der Waals surface area contributed by atoms with Crippen molar-refractivity contribution in [3.05, 3.63) is 25.8 Å². The molecular weight excluding hydrogens is 235 g/mol. The first-order chi connectivity index (χ1) is 7.72. The second-order valence-electron chi connectivity index (χ2n) is 2.97. The minimum Gasteiger partial charge on any atom is -0.545 e. The van der Waals surface area contributed by atoms with E-state index in [0.717, 1.165) is 32.5 Å². The summed E-state index contributed by atoms with van der Waals surface area (Å²) >= 11 is 0. The Bertz CT molecular complexity index is 202. The van der Waals surface area contributed by atoms with Gasteiger partial charge in [0, 0.05) is 0 Å². The topological polar surface area (TPSA) is 74.4 Å². The molecule has 2 atom stereocenters. The summed E-state index contributed by atoms with van der Waals surface area (Å²) in [6, 6.07) is 0. The Kier molecular flexibility index (Phi) is 13.9. The minimum atomic E-state index is -1.23. The summed E-state index contributed by atoms with van der Waals surface area (Å²) in [6.45, 7) is 12.2. The molecule has 0 saturated carbocycles. The van der Waals surface area contributed by atoms with Crippen LogP contribution in [-0.2, 0) is 19.0 Å². The van der Waals surface area contributed by atoms with Gasteiger partial charge >= 0.3 is 29.6 Å². The summed E-state index contributed by atoms with van der Waals surface area (Å²) in [7, 11) is 0. The summed E-state index contributed by atoms with van der Waals surface area (Å²) in [5, 5.41) is 9.14. The number of carbonyl (C=O) groups excluding carboxylic acids is 1. The number of rotatable bonds is 5. The molecule has 2 unspecified atom stereocenters. The fourth-order valence-corrected chi connectivity index (χ4v) is 0.659. The zero-order chi connectivity index (χ0) is 12.4. The molecule has 0 N–H and O–H groups in total. The molecule has 0 aromatic carbocycles. The second-order valence-corrected chi connectivity index (χ2v) is 2.97. The fourth-order valence-electron chi connectivity index (χ4n) is 0.659. The first-order valence-corrected chi connectivity index (χ1v) is 4.86. The normalized spacial score (nSPS) is 22.6. The maximum Gasteiger partial charge on any atom is 1.00 e. The molecule has 5 nitrogen and oxygen atoms in total. The molecule has 0 aromatic heterocycles. The van der Waals surface area contributed by atoms with Crippen LogP contribution in [-0.4, -0.2) is 44.6 Å². The SMILES string of the molecule is C(OCC1CO1)C1CO1.C=C.C=CC(=O)[O-].[Na+]. The number of carbonyl (C=O) groups is 1. The standard InChI is InChI=1S/C6H10O3.C3H4O2.C2H4.Na/c1(5-3-8-5)7-2-6-4-9-6;1-2-3(4)5;1-2;/h5-6H,1-4H2;2H,1H2,(H,4,5);1-2H2;/q;;;+1/p-1. The summed E-state index contributed by atoms with van der Waals surface area (Å²) in [5.41, 5.74) is 0. The maximum atomic E-state index is 9.14. The van der Waals surface area contributed by atoms with E-state index in [4.69, 9.17) is 24.1 Å². The van der Waals surface area contributed by atoms with Crippen LogP contribution >= 0.6 is 0 Å². The van der Waals surface area contributed by atoms with Gasteiger partial charge in [-0.25, -0.2) is 0 Å². The summed E-state index contributed by atoms with van der Waals surface area (Å²) in [4.78, 5) is 9.14. The second kappa shape index (κ2) is 12.3. The van der Waals surface area contributed by atoms with E-state index in [0.29, 0.717) is 12.2 Å². The van der Waals surface area contributed by atoms with Crippen LogP contribution in [0, 0.1) is 0 Å². The third-order valence-corrected chi connectivity index (χ3v) is 1.58. The Balaban J connectivity index is 0. The Labute approximate surface area is 124 Å². The van der Waals surface area contributed by atoms with E-state index < -0.39 is 5.97 Å². The molecule has 17 heavy (non-hydrogen) atoms. The quantitative estimate of drug-likeness (QED) is 0.220. The van der Waals surface area contributed by atoms with Crippen molar-refractivity contribution in [1.29, 1.82) is 0 Å². The van der Waals surface area contributed by atoms with E-state index in [2.05, 4.69) is 19.7 Å². The number of hydrogen-bond acceptors (Lipinski definition) is 5. The molecule has 2 heterocycles. The van der Waals surface area contributed by atoms with Crippen LogP contribution in [0.3, 0.4) is 0 Å². The number of epoxide rings is 2. The van der Waals surface area contributed by atoms with Crippen molar-refractivity contribution in [3.63, 3.8) is 0 Å². The largest absolute Gasteiger partial charge is 1.00 e. The van der Waals surface area contributed by atoms with Crippen LogP contribution in [0.4, 0.5) is 0 Å². The van der Waals surface area contributed by atoms with E-state index in [1.807, 2.05) is 0 Å². The average Bonchev–Trinajstić information content (AvgIpc) is 3.16. The van der Waals surface area contributed by atoms with Gasteiger partial charge in [0.05, 0.1) is 32.4 Å². The molecule has 2 rings (SSSR count). The summed E-state index contributed by atoms with van der Waals surface area (Å²) < 4.78 is 15.1. The Morgan fingerprint density at radius 3 is 1.76 bits per heavy atom. The summed E-state index contributed by atoms with van der Waals surface area (Å²) in [5.74, 6) is -1.23. The number of ether oxygens (including phenoxy) is 3. The van der Waals surface area contributed by atoms with Crippen molar-refractivity contribution in [2.75, 3.05) is 26.4 Å². The van der Waals surface area contributed by atoms with Gasteiger partial charge in [-0.1, -0.05) is 6.58 Å². The molecule has 0 bridgehead atoms. The average molecular weight is 252 g/mol. The van der Waals surface area contributed by atoms with Gasteiger partial charge in [-0.15, -0.1) is 13.2 Å². The van der Waals surface area contributed by atoms with E-state index in [1.165, 1.54) is 0 Å². The van der Waals surface area contributed by atoms with Crippen LogP contribution in [0.25, 0.3) is 0 Å². The molecule has 2 aliphatic heterocycles. The third-order valence-electron chi connectivity index (χ3n) is 1.58. The van der Waals surface area contributed by atoms with Gasteiger partial charge in [0.25, 0.3) is 0 Å². The maximum absolute atomic E-state index is 9.14. The molecule has 2 fully saturated rings. The van der Waals surface area contributed by atoms with Crippen molar-refractivity contribution >= 4 is 5.97 Å². The Morgan fingerprint density at radius 1 is 1.29 bits per heavy atom. The molecule has 0 aromatic rings. The molecule has 0 aliphatic carbocycles. The molecule has 0 radical (unpaired) electrons. The smallest absolute Gasteiger partial charge is 0.545 e. The number of carboxylic acids is 1. The predicted octanol–water partition coefficient (Wildman–Crippen LogP) is -3.47. The van der Waals surface area contributed by atoms with Gasteiger partial charge in [-0.05, 0) is 6.08 Å². The zero-order valence-electron chi connectivity index (χ0n) is 10.2. The fraction of sp³-hybridized carbons (Fsp3) is 0.545. The van der Waals surface area contributed by atoms with Crippen LogP contribution in [0.1, 0.15) is 0 Å².